The van der Waals surface area contributed by atoms with Gasteiger partial charge in [-0.3, -0.25) is 4.79 Å². The number of carbonyl (C=O) groups is 2. The van der Waals surface area contributed by atoms with E-state index in [1.165, 1.54) is 44.0 Å². The van der Waals surface area contributed by atoms with Crippen molar-refractivity contribution in [2.75, 3.05) is 18.7 Å². The zero-order chi connectivity index (χ0) is 20.9. The number of anilines is 1. The van der Waals surface area contributed by atoms with Crippen LogP contribution in [0.4, 0.5) is 18.9 Å². The molecule has 9 heteroatoms. The van der Waals surface area contributed by atoms with Gasteiger partial charge in [0, 0.05) is 10.6 Å². The van der Waals surface area contributed by atoms with Gasteiger partial charge in [0.1, 0.15) is 11.3 Å². The molecule has 0 aromatic heterocycles. The number of halogens is 3. The molecule has 0 aliphatic heterocycles. The Kier molecular flexibility index (Phi) is 6.95. The van der Waals surface area contributed by atoms with Crippen molar-refractivity contribution in [2.24, 2.45) is 0 Å². The Hall–Kier alpha value is -2.68. The fourth-order valence-corrected chi connectivity index (χ4v) is 2.69. The summed E-state index contributed by atoms with van der Waals surface area (Å²) in [7, 11) is 1.40. The smallest absolute Gasteiger partial charge is 0.416 e. The van der Waals surface area contributed by atoms with E-state index in [4.69, 9.17) is 9.47 Å². The lowest BCUT2D eigenvalue weighted by molar-refractivity contribution is -0.137. The van der Waals surface area contributed by atoms with Crippen molar-refractivity contribution >= 4 is 29.3 Å². The molecule has 0 fully saturated rings. The third-order valence-electron chi connectivity index (χ3n) is 3.74. The third kappa shape index (κ3) is 5.41. The molecule has 0 aliphatic rings. The van der Waals surface area contributed by atoms with E-state index >= 15 is 0 Å². The Morgan fingerprint density at radius 2 is 1.86 bits per heavy atom. The van der Waals surface area contributed by atoms with Crippen LogP contribution in [-0.2, 0) is 15.7 Å². The number of esters is 1. The number of nitrogens with one attached hydrogen (secondary N) is 1. The maximum atomic E-state index is 12.8. The van der Waals surface area contributed by atoms with E-state index in [-0.39, 0.29) is 11.3 Å². The highest BCUT2D eigenvalue weighted by atomic mass is 32.2. The third-order valence-corrected chi connectivity index (χ3v) is 4.46. The van der Waals surface area contributed by atoms with Crippen molar-refractivity contribution in [1.29, 1.82) is 0 Å². The summed E-state index contributed by atoms with van der Waals surface area (Å²) in [4.78, 5) is 25.4. The molecule has 0 spiro atoms. The number of hydrogen-bond donors (Lipinski definition) is 1. The van der Waals surface area contributed by atoms with E-state index in [1.807, 2.05) is 6.26 Å². The predicted molar refractivity (Wildman–Crippen MR) is 99.7 cm³/mol. The molecule has 2 rings (SSSR count). The maximum Gasteiger partial charge on any atom is 0.416 e. The van der Waals surface area contributed by atoms with Gasteiger partial charge in [-0.1, -0.05) is 6.07 Å². The summed E-state index contributed by atoms with van der Waals surface area (Å²) < 4.78 is 48.6. The lowest BCUT2D eigenvalue weighted by Crippen LogP contribution is -2.30. The predicted octanol–water partition coefficient (Wildman–Crippen LogP) is 4.62. The van der Waals surface area contributed by atoms with Crippen LogP contribution >= 0.6 is 11.8 Å². The normalized spacial score (nSPS) is 12.2. The number of methoxy groups -OCH3 is 1. The van der Waals surface area contributed by atoms with Gasteiger partial charge in [-0.05, 0) is 49.6 Å². The largest absolute Gasteiger partial charge is 0.496 e. The highest BCUT2D eigenvalue weighted by Gasteiger charge is 2.30. The quantitative estimate of drug-likeness (QED) is 0.553. The van der Waals surface area contributed by atoms with E-state index in [0.717, 1.165) is 17.0 Å². The second kappa shape index (κ2) is 9.01. The Labute approximate surface area is 164 Å². The molecule has 5 nitrogen and oxygen atoms in total. The first-order valence-electron chi connectivity index (χ1n) is 8.07. The topological polar surface area (TPSA) is 64.6 Å². The highest BCUT2D eigenvalue weighted by molar-refractivity contribution is 7.98. The van der Waals surface area contributed by atoms with Gasteiger partial charge in [-0.2, -0.15) is 13.2 Å². The molecule has 0 saturated heterocycles. The zero-order valence-corrected chi connectivity index (χ0v) is 16.1. The fraction of sp³-hybridized carbons (Fsp3) is 0.263. The number of alkyl halides is 3. The van der Waals surface area contributed by atoms with Gasteiger partial charge in [-0.25, -0.2) is 4.79 Å². The molecular formula is C19H18F3NO4S. The van der Waals surface area contributed by atoms with Gasteiger partial charge >= 0.3 is 12.1 Å². The van der Waals surface area contributed by atoms with Crippen molar-refractivity contribution in [3.8, 4) is 5.75 Å². The first kappa shape index (κ1) is 21.6. The van der Waals surface area contributed by atoms with Crippen LogP contribution in [0, 0.1) is 0 Å². The van der Waals surface area contributed by atoms with Crippen LogP contribution in [0.5, 0.6) is 5.75 Å². The number of ether oxygens (including phenoxy) is 2. The van der Waals surface area contributed by atoms with Gasteiger partial charge in [0.15, 0.2) is 6.10 Å². The average molecular weight is 413 g/mol. The molecule has 0 heterocycles. The molecular weight excluding hydrogens is 395 g/mol. The monoisotopic (exact) mass is 413 g/mol. The van der Waals surface area contributed by atoms with Crippen LogP contribution in [0.25, 0.3) is 0 Å². The molecule has 2 aromatic carbocycles. The molecule has 1 amide bonds. The molecule has 0 unspecified atom stereocenters. The Balaban J connectivity index is 2.07. The summed E-state index contributed by atoms with van der Waals surface area (Å²) in [5, 5.41) is 2.31. The second-order valence-corrected chi connectivity index (χ2v) is 6.56. The zero-order valence-electron chi connectivity index (χ0n) is 15.3. The van der Waals surface area contributed by atoms with Crippen LogP contribution in [-0.4, -0.2) is 31.3 Å². The minimum absolute atomic E-state index is 0.0513. The van der Waals surface area contributed by atoms with Crippen LogP contribution < -0.4 is 10.1 Å². The summed E-state index contributed by atoms with van der Waals surface area (Å²) in [6.07, 6.45) is -3.89. The Morgan fingerprint density at radius 3 is 2.46 bits per heavy atom. The molecule has 28 heavy (non-hydrogen) atoms. The number of rotatable bonds is 6. The van der Waals surface area contributed by atoms with Crippen molar-refractivity contribution in [3.63, 3.8) is 0 Å². The SMILES string of the molecule is COc1cc(SC)ccc1C(=O)O[C@@H](C)C(=O)Nc1cccc(C(F)(F)F)c1. The standard InChI is InChI=1S/C19H18F3NO4S/c1-11(17(24)23-13-6-4-5-12(9-13)19(20,21)22)27-18(25)15-8-7-14(28-3)10-16(15)26-2/h4-11H,1-3H3,(H,23,24)/t11-/m0/s1. The van der Waals surface area contributed by atoms with Crippen molar-refractivity contribution < 1.29 is 32.2 Å². The van der Waals surface area contributed by atoms with E-state index in [1.54, 1.807) is 12.1 Å². The number of benzene rings is 2. The van der Waals surface area contributed by atoms with Gasteiger partial charge in [0.05, 0.1) is 12.7 Å². The summed E-state index contributed by atoms with van der Waals surface area (Å²) >= 11 is 1.47. The summed E-state index contributed by atoms with van der Waals surface area (Å²) in [5.41, 5.74) is -0.808. The van der Waals surface area contributed by atoms with E-state index < -0.39 is 29.7 Å². The minimum atomic E-state index is -4.53. The van der Waals surface area contributed by atoms with Crippen LogP contribution in [0.1, 0.15) is 22.8 Å². The van der Waals surface area contributed by atoms with Crippen LogP contribution in [0.2, 0.25) is 0 Å². The van der Waals surface area contributed by atoms with Gasteiger partial charge in [0.25, 0.3) is 5.91 Å². The van der Waals surface area contributed by atoms with Gasteiger partial charge < -0.3 is 14.8 Å². The summed E-state index contributed by atoms with van der Waals surface area (Å²) in [6.45, 7) is 1.32. The lowest BCUT2D eigenvalue weighted by Gasteiger charge is -2.16. The molecule has 150 valence electrons. The van der Waals surface area contributed by atoms with Crippen molar-refractivity contribution in [1.82, 2.24) is 0 Å². The number of amides is 1. The van der Waals surface area contributed by atoms with E-state index in [2.05, 4.69) is 5.32 Å². The molecule has 0 radical (unpaired) electrons. The molecule has 1 atom stereocenters. The van der Waals surface area contributed by atoms with Crippen LogP contribution in [0.15, 0.2) is 47.4 Å². The van der Waals surface area contributed by atoms with Crippen LogP contribution in [0.3, 0.4) is 0 Å². The highest BCUT2D eigenvalue weighted by Crippen LogP contribution is 2.31. The fourth-order valence-electron chi connectivity index (χ4n) is 2.26. The lowest BCUT2D eigenvalue weighted by atomic mass is 10.2. The molecule has 0 aliphatic carbocycles. The van der Waals surface area contributed by atoms with E-state index in [0.29, 0.717) is 5.75 Å². The molecule has 2 aromatic rings. The van der Waals surface area contributed by atoms with Crippen molar-refractivity contribution in [3.05, 3.63) is 53.6 Å². The first-order chi connectivity index (χ1) is 13.2. The molecule has 0 saturated carbocycles. The minimum Gasteiger partial charge on any atom is -0.496 e. The summed E-state index contributed by atoms with van der Waals surface area (Å²) in [6, 6.07) is 9.07. The second-order valence-electron chi connectivity index (χ2n) is 5.68. The number of thioether (sulfide) groups is 1. The Bertz CT molecular complexity index is 870. The number of carbonyl (C=O) groups excluding carboxylic acids is 2. The molecule has 0 bridgehead atoms. The first-order valence-corrected chi connectivity index (χ1v) is 9.29. The van der Waals surface area contributed by atoms with Crippen molar-refractivity contribution in [2.45, 2.75) is 24.1 Å². The average Bonchev–Trinajstić information content (AvgIpc) is 2.66. The number of hydrogen-bond acceptors (Lipinski definition) is 5. The maximum absolute atomic E-state index is 12.8. The van der Waals surface area contributed by atoms with E-state index in [9.17, 15) is 22.8 Å². The Morgan fingerprint density at radius 1 is 1.14 bits per heavy atom. The van der Waals surface area contributed by atoms with Gasteiger partial charge in [0.2, 0.25) is 0 Å². The summed E-state index contributed by atoms with van der Waals surface area (Å²) in [5.74, 6) is -1.24. The molecule has 1 N–H and O–H groups in total. The van der Waals surface area contributed by atoms with Gasteiger partial charge in [-0.15, -0.1) is 11.8 Å².